The summed E-state index contributed by atoms with van der Waals surface area (Å²) in [5.74, 6) is -3.20. The molecule has 0 aliphatic rings. The number of nitrogens with one attached hydrogen (secondary N) is 1. The highest BCUT2D eigenvalue weighted by molar-refractivity contribution is 6.38. The first-order valence-electron chi connectivity index (χ1n) is 17.2. The monoisotopic (exact) mass is 685 g/mol. The van der Waals surface area contributed by atoms with Crippen LogP contribution in [-0.4, -0.2) is 51.7 Å². The Morgan fingerprint density at radius 3 is 2.08 bits per heavy atom. The predicted octanol–water partition coefficient (Wildman–Crippen LogP) is 6.11. The Hall–Kier alpha value is -5.70. The maximum absolute atomic E-state index is 14.1. The molecule has 0 bridgehead atoms. The Morgan fingerprint density at radius 2 is 1.43 bits per heavy atom. The molecule has 0 aliphatic heterocycles. The lowest BCUT2D eigenvalue weighted by atomic mass is 9.85. The van der Waals surface area contributed by atoms with Crippen molar-refractivity contribution in [3.63, 3.8) is 0 Å². The number of ketones is 4. The molecule has 51 heavy (non-hydrogen) atoms. The number of carbonyl (C=O) groups excluding carboxylic acids is 5. The molecule has 0 saturated carbocycles. The lowest BCUT2D eigenvalue weighted by Gasteiger charge is -2.23. The summed E-state index contributed by atoms with van der Waals surface area (Å²) in [7, 11) is 3.34. The highest BCUT2D eigenvalue weighted by Crippen LogP contribution is 2.22. The van der Waals surface area contributed by atoms with Crippen LogP contribution in [0.3, 0.4) is 0 Å². The van der Waals surface area contributed by atoms with E-state index in [1.165, 1.54) is 0 Å². The Bertz CT molecular complexity index is 1990. The van der Waals surface area contributed by atoms with Gasteiger partial charge in [-0.2, -0.15) is 0 Å². The molecule has 0 radical (unpaired) electrons. The third-order valence-electron chi connectivity index (χ3n) is 9.24. The Kier molecular flexibility index (Phi) is 12.4. The Balaban J connectivity index is 1.33. The normalized spacial score (nSPS) is 12.8. The molecule has 2 heterocycles. The van der Waals surface area contributed by atoms with Gasteiger partial charge in [0.1, 0.15) is 5.75 Å². The predicted molar refractivity (Wildman–Crippen MR) is 195 cm³/mol. The van der Waals surface area contributed by atoms with Crippen molar-refractivity contribution in [3.05, 3.63) is 132 Å². The van der Waals surface area contributed by atoms with Gasteiger partial charge in [-0.25, -0.2) is 0 Å². The van der Waals surface area contributed by atoms with Gasteiger partial charge in [0, 0.05) is 44.3 Å². The molecular weight excluding hydrogens is 642 g/mol. The number of fused-ring (bicyclic) bond motifs is 1. The van der Waals surface area contributed by atoms with E-state index in [-0.39, 0.29) is 43.7 Å². The maximum atomic E-state index is 14.1. The number of benzene rings is 3. The first-order valence-corrected chi connectivity index (χ1v) is 17.2. The van der Waals surface area contributed by atoms with Gasteiger partial charge in [0.05, 0.1) is 29.9 Å². The third-order valence-corrected chi connectivity index (χ3v) is 9.24. The molecule has 5 rings (SSSR count). The number of pyridine rings is 1. The number of ether oxygens (including phenoxy) is 1. The summed E-state index contributed by atoms with van der Waals surface area (Å²) in [6.07, 6.45) is 2.15. The zero-order valence-electron chi connectivity index (χ0n) is 29.2. The second-order valence-electron chi connectivity index (χ2n) is 13.0. The minimum atomic E-state index is -1.00. The van der Waals surface area contributed by atoms with E-state index in [0.29, 0.717) is 23.4 Å². The van der Waals surface area contributed by atoms with Crippen LogP contribution >= 0.6 is 0 Å². The van der Waals surface area contributed by atoms with Crippen molar-refractivity contribution in [1.82, 2.24) is 14.9 Å². The van der Waals surface area contributed by atoms with Gasteiger partial charge < -0.3 is 14.6 Å². The number of aromatic nitrogens is 2. The van der Waals surface area contributed by atoms with Crippen LogP contribution in [0.4, 0.5) is 0 Å². The molecular formula is C42H43N3O6. The van der Waals surface area contributed by atoms with Gasteiger partial charge in [0.25, 0.3) is 0 Å². The van der Waals surface area contributed by atoms with Crippen molar-refractivity contribution in [2.45, 2.75) is 51.5 Å². The Labute approximate surface area is 298 Å². The van der Waals surface area contributed by atoms with Gasteiger partial charge in [-0.1, -0.05) is 79.7 Å². The summed E-state index contributed by atoms with van der Waals surface area (Å²) in [5.41, 5.74) is 4.47. The van der Waals surface area contributed by atoms with E-state index in [1.807, 2.05) is 78.9 Å². The second kappa shape index (κ2) is 17.3. The zero-order valence-corrected chi connectivity index (χ0v) is 29.2. The number of hydrogen-bond acceptors (Lipinski definition) is 7. The summed E-state index contributed by atoms with van der Waals surface area (Å²) >= 11 is 0. The molecule has 0 saturated heterocycles. The van der Waals surface area contributed by atoms with Crippen LogP contribution in [0.5, 0.6) is 5.75 Å². The number of amides is 1. The van der Waals surface area contributed by atoms with Crippen LogP contribution in [0.2, 0.25) is 0 Å². The topological polar surface area (TPSA) is 124 Å². The molecule has 0 aliphatic carbocycles. The summed E-state index contributed by atoms with van der Waals surface area (Å²) in [5, 5.41) is 2.89. The van der Waals surface area contributed by atoms with Gasteiger partial charge >= 0.3 is 0 Å². The van der Waals surface area contributed by atoms with Crippen LogP contribution in [0.15, 0.2) is 109 Å². The van der Waals surface area contributed by atoms with E-state index in [9.17, 15) is 24.0 Å². The molecule has 1 amide bonds. The third kappa shape index (κ3) is 9.72. The second-order valence-corrected chi connectivity index (χ2v) is 13.0. The molecule has 1 N–H and O–H groups in total. The fourth-order valence-corrected chi connectivity index (χ4v) is 6.25. The van der Waals surface area contributed by atoms with Crippen molar-refractivity contribution in [2.75, 3.05) is 7.11 Å². The average molecular weight is 686 g/mol. The van der Waals surface area contributed by atoms with Crippen molar-refractivity contribution in [3.8, 4) is 5.75 Å². The quantitative estimate of drug-likeness (QED) is 0.0872. The molecule has 3 aromatic carbocycles. The van der Waals surface area contributed by atoms with Crippen LogP contribution in [0.1, 0.15) is 53.4 Å². The SMILES string of the molecule is COc1ccc(C[C@H](NC(=O)[C@H](C)CC(=O)c2cc3ncccc3n2C)C(=O)C[C@@H](Cc2ccccc2)C(=O)C(=O)CCc2ccccc2)cc1. The summed E-state index contributed by atoms with van der Waals surface area (Å²) in [4.78, 5) is 72.4. The van der Waals surface area contributed by atoms with E-state index in [1.54, 1.807) is 56.1 Å². The average Bonchev–Trinajstić information content (AvgIpc) is 3.50. The molecule has 9 nitrogen and oxygen atoms in total. The Morgan fingerprint density at radius 1 is 0.784 bits per heavy atom. The minimum Gasteiger partial charge on any atom is -0.497 e. The van der Waals surface area contributed by atoms with E-state index < -0.39 is 35.4 Å². The molecule has 2 aromatic heterocycles. The summed E-state index contributed by atoms with van der Waals surface area (Å²) < 4.78 is 7.04. The largest absolute Gasteiger partial charge is 0.497 e. The first-order chi connectivity index (χ1) is 24.6. The van der Waals surface area contributed by atoms with Gasteiger partial charge in [0.15, 0.2) is 17.3 Å². The number of aryl methyl sites for hydroxylation is 2. The van der Waals surface area contributed by atoms with Gasteiger partial charge in [-0.05, 0) is 66.3 Å². The fourth-order valence-electron chi connectivity index (χ4n) is 6.25. The van der Waals surface area contributed by atoms with Gasteiger partial charge in [-0.3, -0.25) is 29.0 Å². The number of hydrogen-bond donors (Lipinski definition) is 1. The lowest BCUT2D eigenvalue weighted by molar-refractivity contribution is -0.140. The molecule has 5 aromatic rings. The molecule has 0 fully saturated rings. The van der Waals surface area contributed by atoms with Crippen molar-refractivity contribution >= 4 is 40.1 Å². The van der Waals surface area contributed by atoms with Crippen molar-refractivity contribution in [2.24, 2.45) is 18.9 Å². The molecule has 0 spiro atoms. The van der Waals surface area contributed by atoms with Gasteiger partial charge in [0.2, 0.25) is 11.7 Å². The number of carbonyl (C=O) groups is 5. The molecule has 0 unspecified atom stereocenters. The van der Waals surface area contributed by atoms with E-state index in [2.05, 4.69) is 10.3 Å². The highest BCUT2D eigenvalue weighted by Gasteiger charge is 2.32. The first kappa shape index (κ1) is 36.6. The van der Waals surface area contributed by atoms with E-state index >= 15 is 0 Å². The van der Waals surface area contributed by atoms with Crippen molar-refractivity contribution in [1.29, 1.82) is 0 Å². The van der Waals surface area contributed by atoms with Crippen LogP contribution < -0.4 is 10.1 Å². The number of nitrogens with zero attached hydrogens (tertiary/aromatic N) is 2. The molecule has 3 atom stereocenters. The molecule has 262 valence electrons. The van der Waals surface area contributed by atoms with Gasteiger partial charge in [-0.15, -0.1) is 0 Å². The lowest BCUT2D eigenvalue weighted by Crippen LogP contribution is -2.46. The standard InChI is InChI=1S/C42H43N3O6/c1-28(23-40(48)37-27-34-36(45(37)2)15-10-22-43-34)42(50)44-35(25-31-16-19-33(51-3)20-17-31)39(47)26-32(24-30-13-8-5-9-14-30)41(49)38(46)21-18-29-11-6-4-7-12-29/h4-17,19-20,22,27-28,32,35H,18,21,23-26H2,1-3H3,(H,44,50)/t28-,32-,35+/m1/s1. The van der Waals surface area contributed by atoms with E-state index in [4.69, 9.17) is 4.74 Å². The smallest absolute Gasteiger partial charge is 0.223 e. The summed E-state index contributed by atoms with van der Waals surface area (Å²) in [6.45, 7) is 1.65. The summed E-state index contributed by atoms with van der Waals surface area (Å²) in [6, 6.07) is 30.3. The molecule has 9 heteroatoms. The number of Topliss-reactive ketones (excluding diaryl/α,β-unsaturated/α-hetero) is 4. The fraction of sp³-hybridized carbons (Fsp3) is 0.286. The highest BCUT2D eigenvalue weighted by atomic mass is 16.5. The van der Waals surface area contributed by atoms with Crippen molar-refractivity contribution < 1.29 is 28.7 Å². The zero-order chi connectivity index (χ0) is 36.3. The van der Waals surface area contributed by atoms with E-state index in [0.717, 1.165) is 22.2 Å². The number of rotatable bonds is 18. The van der Waals surface area contributed by atoms with Crippen LogP contribution in [0, 0.1) is 11.8 Å². The number of methoxy groups -OCH3 is 1. The maximum Gasteiger partial charge on any atom is 0.223 e. The van der Waals surface area contributed by atoms with Crippen LogP contribution in [-0.2, 0) is 45.5 Å². The van der Waals surface area contributed by atoms with Crippen LogP contribution in [0.25, 0.3) is 11.0 Å². The minimum absolute atomic E-state index is 0.0344.